The lowest BCUT2D eigenvalue weighted by Gasteiger charge is -2.16. The molecule has 1 fully saturated rings. The highest BCUT2D eigenvalue weighted by Gasteiger charge is 2.16. The topological polar surface area (TPSA) is 50.7 Å². The number of ether oxygens (including phenoxy) is 2. The highest BCUT2D eigenvalue weighted by molar-refractivity contribution is 9.11. The van der Waals surface area contributed by atoms with Gasteiger partial charge in [0.05, 0.1) is 31.1 Å². The summed E-state index contributed by atoms with van der Waals surface area (Å²) in [4.78, 5) is 0. The molecule has 2 atom stereocenters. The van der Waals surface area contributed by atoms with Crippen LogP contribution in [-0.4, -0.2) is 43.7 Å². The molecule has 0 saturated carbocycles. The Morgan fingerprint density at radius 2 is 2.05 bits per heavy atom. The quantitative estimate of drug-likeness (QED) is 0.611. The lowest BCUT2D eigenvalue weighted by Crippen LogP contribution is -2.27. The molecule has 0 aromatic heterocycles. The lowest BCUT2D eigenvalue weighted by atomic mass is 10.2. The summed E-state index contributed by atoms with van der Waals surface area (Å²) in [7, 11) is 0. The molecule has 21 heavy (non-hydrogen) atoms. The van der Waals surface area contributed by atoms with E-state index in [4.69, 9.17) is 9.47 Å². The zero-order valence-electron chi connectivity index (χ0n) is 11.4. The number of halogens is 3. The normalized spacial score (nSPS) is 19.7. The molecule has 0 bridgehead atoms. The summed E-state index contributed by atoms with van der Waals surface area (Å²) in [5, 5.41) is 13.2. The highest BCUT2D eigenvalue weighted by atomic mass is 79.9. The van der Waals surface area contributed by atoms with Crippen molar-refractivity contribution in [1.29, 1.82) is 0 Å². The first-order chi connectivity index (χ1) is 10.1. The third-order valence-electron chi connectivity index (χ3n) is 3.16. The molecule has 0 amide bonds. The minimum absolute atomic E-state index is 0.194. The number of aliphatic hydroxyl groups is 1. The summed E-state index contributed by atoms with van der Waals surface area (Å²) in [6, 6.07) is 3.90. The summed E-state index contributed by atoms with van der Waals surface area (Å²) in [6.45, 7) is 2.11. The molecule has 1 saturated heterocycles. The van der Waals surface area contributed by atoms with Gasteiger partial charge < -0.3 is 19.9 Å². The predicted molar refractivity (Wildman–Crippen MR) is 93.8 cm³/mol. The first kappa shape index (κ1) is 17.7. The molecule has 0 aliphatic carbocycles. The van der Waals surface area contributed by atoms with Crippen LogP contribution in [0.25, 0.3) is 0 Å². The molecule has 2 unspecified atom stereocenters. The Balaban J connectivity index is 1.72. The third kappa shape index (κ3) is 5.80. The van der Waals surface area contributed by atoms with Gasteiger partial charge in [-0.1, -0.05) is 15.9 Å². The second kappa shape index (κ2) is 8.84. The molecule has 4 nitrogen and oxygen atoms in total. The third-order valence-corrected chi connectivity index (χ3v) is 4.87. The monoisotopic (exact) mass is 485 g/mol. The van der Waals surface area contributed by atoms with E-state index in [2.05, 4.69) is 53.1 Å². The average molecular weight is 488 g/mol. The Hall–Kier alpha value is 0.340. The molecule has 1 aliphatic heterocycles. The Labute approximate surface area is 150 Å². The van der Waals surface area contributed by atoms with Gasteiger partial charge in [-0.05, 0) is 56.8 Å². The van der Waals surface area contributed by atoms with E-state index >= 15 is 0 Å². The number of rotatable bonds is 7. The number of hydrogen-bond donors (Lipinski definition) is 2. The Bertz CT molecular complexity index is 444. The predicted octanol–water partition coefficient (Wildman–Crippen LogP) is 3.94. The molecule has 1 aliphatic rings. The molecule has 7 heteroatoms. The number of nitrogens with one attached hydrogen (secondary N) is 1. The summed E-state index contributed by atoms with van der Waals surface area (Å²) in [5.74, 6) is 0. The molecule has 118 valence electrons. The van der Waals surface area contributed by atoms with Gasteiger partial charge in [0.15, 0.2) is 0 Å². The van der Waals surface area contributed by atoms with Crippen LogP contribution in [0.1, 0.15) is 12.8 Å². The van der Waals surface area contributed by atoms with E-state index in [0.29, 0.717) is 19.8 Å². The molecule has 1 heterocycles. The maximum absolute atomic E-state index is 9.95. The Morgan fingerprint density at radius 3 is 2.67 bits per heavy atom. The summed E-state index contributed by atoms with van der Waals surface area (Å²) in [5.41, 5.74) is 0.913. The van der Waals surface area contributed by atoms with Crippen molar-refractivity contribution < 1.29 is 14.6 Å². The van der Waals surface area contributed by atoms with Crippen LogP contribution in [0.3, 0.4) is 0 Å². The van der Waals surface area contributed by atoms with Gasteiger partial charge in [0.2, 0.25) is 0 Å². The van der Waals surface area contributed by atoms with Crippen LogP contribution in [0.5, 0.6) is 0 Å². The average Bonchev–Trinajstić information content (AvgIpc) is 2.90. The van der Waals surface area contributed by atoms with Crippen LogP contribution >= 0.6 is 47.8 Å². The van der Waals surface area contributed by atoms with Crippen molar-refractivity contribution in [3.63, 3.8) is 0 Å². The van der Waals surface area contributed by atoms with E-state index in [1.54, 1.807) is 0 Å². The van der Waals surface area contributed by atoms with Gasteiger partial charge in [0.1, 0.15) is 0 Å². The fourth-order valence-corrected chi connectivity index (χ4v) is 4.64. The highest BCUT2D eigenvalue weighted by Crippen LogP contribution is 2.34. The van der Waals surface area contributed by atoms with E-state index in [1.165, 1.54) is 0 Å². The van der Waals surface area contributed by atoms with Crippen molar-refractivity contribution in [1.82, 2.24) is 0 Å². The van der Waals surface area contributed by atoms with Crippen LogP contribution in [0, 0.1) is 0 Å². The molecule has 2 rings (SSSR count). The number of hydrogen-bond acceptors (Lipinski definition) is 4. The SMILES string of the molecule is OC(CNc1c(Br)cc(Br)cc1Br)COCC1CCCO1. The molecule has 1 aromatic rings. The number of aliphatic hydroxyl groups excluding tert-OH is 1. The molecule has 0 radical (unpaired) electrons. The van der Waals surface area contributed by atoms with Crippen molar-refractivity contribution >= 4 is 53.5 Å². The van der Waals surface area contributed by atoms with E-state index in [1.807, 2.05) is 12.1 Å². The van der Waals surface area contributed by atoms with Gasteiger partial charge >= 0.3 is 0 Å². The largest absolute Gasteiger partial charge is 0.389 e. The van der Waals surface area contributed by atoms with Crippen molar-refractivity contribution in [3.05, 3.63) is 25.6 Å². The Morgan fingerprint density at radius 1 is 1.33 bits per heavy atom. The summed E-state index contributed by atoms with van der Waals surface area (Å²) < 4.78 is 13.8. The zero-order chi connectivity index (χ0) is 15.2. The Kier molecular flexibility index (Phi) is 7.44. The van der Waals surface area contributed by atoms with Crippen molar-refractivity contribution in [2.75, 3.05) is 31.7 Å². The maximum atomic E-state index is 9.95. The van der Waals surface area contributed by atoms with Crippen molar-refractivity contribution in [3.8, 4) is 0 Å². The second-order valence-electron chi connectivity index (χ2n) is 4.95. The van der Waals surface area contributed by atoms with Gasteiger partial charge in [-0.3, -0.25) is 0 Å². The molecular weight excluding hydrogens is 470 g/mol. The van der Waals surface area contributed by atoms with Crippen molar-refractivity contribution in [2.45, 2.75) is 25.0 Å². The van der Waals surface area contributed by atoms with Gasteiger partial charge in [0.25, 0.3) is 0 Å². The minimum atomic E-state index is -0.561. The standard InChI is InChI=1S/C14H18Br3NO3/c15-9-4-12(16)14(13(17)5-9)18-6-10(19)7-20-8-11-2-1-3-21-11/h4-5,10-11,18-19H,1-3,6-8H2. The smallest absolute Gasteiger partial charge is 0.0945 e. The summed E-state index contributed by atoms with van der Waals surface area (Å²) in [6.07, 6.45) is 1.78. The van der Waals surface area contributed by atoms with Gasteiger partial charge in [-0.2, -0.15) is 0 Å². The number of benzene rings is 1. The van der Waals surface area contributed by atoms with E-state index in [-0.39, 0.29) is 6.10 Å². The van der Waals surface area contributed by atoms with Crippen LogP contribution in [0.2, 0.25) is 0 Å². The maximum Gasteiger partial charge on any atom is 0.0945 e. The molecular formula is C14H18Br3NO3. The van der Waals surface area contributed by atoms with Crippen LogP contribution < -0.4 is 5.32 Å². The fourth-order valence-electron chi connectivity index (χ4n) is 2.10. The molecule has 2 N–H and O–H groups in total. The first-order valence-corrected chi connectivity index (χ1v) is 9.20. The van der Waals surface area contributed by atoms with Gasteiger partial charge in [-0.25, -0.2) is 0 Å². The fraction of sp³-hybridized carbons (Fsp3) is 0.571. The van der Waals surface area contributed by atoms with E-state index in [9.17, 15) is 5.11 Å². The number of anilines is 1. The molecule has 0 spiro atoms. The minimum Gasteiger partial charge on any atom is -0.389 e. The first-order valence-electron chi connectivity index (χ1n) is 6.82. The zero-order valence-corrected chi connectivity index (χ0v) is 16.2. The summed E-state index contributed by atoms with van der Waals surface area (Å²) >= 11 is 10.4. The van der Waals surface area contributed by atoms with Gasteiger partial charge in [0, 0.05) is 26.6 Å². The second-order valence-corrected chi connectivity index (χ2v) is 7.58. The van der Waals surface area contributed by atoms with E-state index < -0.39 is 6.10 Å². The van der Waals surface area contributed by atoms with E-state index in [0.717, 1.165) is 38.6 Å². The van der Waals surface area contributed by atoms with Crippen LogP contribution in [0.15, 0.2) is 25.6 Å². The van der Waals surface area contributed by atoms with Crippen LogP contribution in [-0.2, 0) is 9.47 Å². The molecule has 1 aromatic carbocycles. The van der Waals surface area contributed by atoms with Crippen LogP contribution in [0.4, 0.5) is 5.69 Å². The van der Waals surface area contributed by atoms with Crippen molar-refractivity contribution in [2.24, 2.45) is 0 Å². The van der Waals surface area contributed by atoms with Gasteiger partial charge in [-0.15, -0.1) is 0 Å². The lowest BCUT2D eigenvalue weighted by molar-refractivity contribution is -0.0137.